The van der Waals surface area contributed by atoms with Crippen molar-refractivity contribution in [1.82, 2.24) is 0 Å². The van der Waals surface area contributed by atoms with E-state index in [0.29, 0.717) is 33.5 Å². The molecule has 1 aliphatic rings. The Kier molecular flexibility index (Phi) is 7.77. The number of ether oxygens (including phenoxy) is 2. The Morgan fingerprint density at radius 1 is 1.00 bits per heavy atom. The Balaban J connectivity index is 1.50. The highest BCUT2D eigenvalue weighted by atomic mass is 32.2. The highest BCUT2D eigenvalue weighted by molar-refractivity contribution is 7.85. The molecule has 0 radical (unpaired) electrons. The van der Waals surface area contributed by atoms with Gasteiger partial charge in [0.2, 0.25) is 11.7 Å². The second-order valence-electron chi connectivity index (χ2n) is 8.13. The minimum absolute atomic E-state index is 0.124. The smallest absolute Gasteiger partial charge is 0.450 e. The topological polar surface area (TPSA) is 67.6 Å². The Morgan fingerprint density at radius 2 is 1.68 bits per heavy atom. The summed E-state index contributed by atoms with van der Waals surface area (Å²) in [5.74, 6) is 0.618. The standard InChI is InChI=1S/C27H23F3N2O4S/c1-3-37(34)23-11-4-19(5-12-23)16-26(33)31-20-6-13-24(32-15-14-18(32)2)25(17-20)35-21-7-9-22(10-8-21)36-27(28,29)30/h4-15,17H,3,16H2,1-2H3/p+1. The Labute approximate surface area is 214 Å². The number of carbonyl (C=O) groups is 1. The molecular weight excluding hydrogens is 505 g/mol. The minimum atomic E-state index is -4.78. The van der Waals surface area contributed by atoms with Crippen LogP contribution >= 0.6 is 0 Å². The summed E-state index contributed by atoms with van der Waals surface area (Å²) in [4.78, 5) is 13.4. The molecule has 10 heteroatoms. The van der Waals surface area contributed by atoms with Crippen LogP contribution in [0.25, 0.3) is 0 Å². The van der Waals surface area contributed by atoms with Crippen LogP contribution in [-0.2, 0) is 22.0 Å². The van der Waals surface area contributed by atoms with E-state index in [1.165, 1.54) is 12.1 Å². The van der Waals surface area contributed by atoms with E-state index in [9.17, 15) is 22.2 Å². The van der Waals surface area contributed by atoms with E-state index in [2.05, 4.69) is 10.1 Å². The van der Waals surface area contributed by atoms with E-state index in [4.69, 9.17) is 4.74 Å². The van der Waals surface area contributed by atoms with Gasteiger partial charge in [-0.25, -0.2) is 0 Å². The number of hydrogen-bond donors (Lipinski definition) is 1. The van der Waals surface area contributed by atoms with Gasteiger partial charge in [-0.1, -0.05) is 19.1 Å². The molecule has 4 rings (SSSR count). The van der Waals surface area contributed by atoms with E-state index >= 15 is 0 Å². The lowest BCUT2D eigenvalue weighted by Crippen LogP contribution is -2.17. The van der Waals surface area contributed by atoms with Gasteiger partial charge in [-0.2, -0.15) is 4.58 Å². The zero-order valence-corrected chi connectivity index (χ0v) is 20.9. The number of amides is 1. The first kappa shape index (κ1) is 26.2. The number of nitrogens with one attached hydrogen (secondary N) is 1. The van der Waals surface area contributed by atoms with Gasteiger partial charge in [-0.3, -0.25) is 9.00 Å². The van der Waals surface area contributed by atoms with Gasteiger partial charge >= 0.3 is 6.36 Å². The first-order valence-corrected chi connectivity index (χ1v) is 12.7. The number of carbonyl (C=O) groups excluding carboxylic acids is 1. The Bertz CT molecular complexity index is 1380. The normalized spacial score (nSPS) is 13.6. The third-order valence-electron chi connectivity index (χ3n) is 5.45. The van der Waals surface area contributed by atoms with E-state index in [1.54, 1.807) is 42.5 Å². The number of rotatable bonds is 9. The van der Waals surface area contributed by atoms with E-state index in [-0.39, 0.29) is 18.1 Å². The molecule has 1 N–H and O–H groups in total. The van der Waals surface area contributed by atoms with Crippen molar-refractivity contribution in [3.05, 3.63) is 84.6 Å². The van der Waals surface area contributed by atoms with E-state index in [1.807, 2.05) is 30.7 Å². The molecule has 1 amide bonds. The van der Waals surface area contributed by atoms with Gasteiger partial charge < -0.3 is 14.8 Å². The minimum Gasteiger partial charge on any atom is -0.450 e. The summed E-state index contributed by atoms with van der Waals surface area (Å²) in [6.45, 7) is 3.76. The van der Waals surface area contributed by atoms with Gasteiger partial charge in [0.1, 0.15) is 11.5 Å². The molecule has 0 aromatic heterocycles. The second kappa shape index (κ2) is 11.0. The third kappa shape index (κ3) is 6.85. The van der Waals surface area contributed by atoms with Gasteiger partial charge in [0.05, 0.1) is 23.3 Å². The van der Waals surface area contributed by atoms with Crippen molar-refractivity contribution in [3.8, 4) is 17.2 Å². The second-order valence-corrected chi connectivity index (χ2v) is 9.87. The summed E-state index contributed by atoms with van der Waals surface area (Å²) in [7, 11) is -1.06. The number of allylic oxidation sites excluding steroid dienone is 1. The fourth-order valence-electron chi connectivity index (χ4n) is 3.59. The van der Waals surface area contributed by atoms with Gasteiger partial charge in [-0.05, 0) is 48.0 Å². The molecule has 1 unspecified atom stereocenters. The molecule has 0 fully saturated rings. The predicted molar refractivity (Wildman–Crippen MR) is 135 cm³/mol. The summed E-state index contributed by atoms with van der Waals surface area (Å²) in [5.41, 5.74) is 2.95. The first-order chi connectivity index (χ1) is 17.6. The predicted octanol–water partition coefficient (Wildman–Crippen LogP) is 6.32. The summed E-state index contributed by atoms with van der Waals surface area (Å²) in [6, 6.07) is 17.3. The number of nitrogens with zero attached hydrogens (tertiary/aromatic N) is 1. The van der Waals surface area contributed by atoms with Gasteiger partial charge in [-0.15, -0.1) is 13.2 Å². The van der Waals surface area contributed by atoms with Crippen LogP contribution in [0.2, 0.25) is 0 Å². The first-order valence-electron chi connectivity index (χ1n) is 11.4. The van der Waals surface area contributed by atoms with Crippen LogP contribution in [0.15, 0.2) is 83.9 Å². The van der Waals surface area contributed by atoms with Crippen LogP contribution in [-0.4, -0.2) is 32.5 Å². The zero-order chi connectivity index (χ0) is 26.6. The average Bonchev–Trinajstić information content (AvgIpc) is 2.85. The number of hydrogen-bond acceptors (Lipinski definition) is 4. The molecule has 0 spiro atoms. The lowest BCUT2D eigenvalue weighted by molar-refractivity contribution is -0.372. The highest BCUT2D eigenvalue weighted by Gasteiger charge is 2.31. The quantitative estimate of drug-likeness (QED) is 0.330. The van der Waals surface area contributed by atoms with Crippen molar-refractivity contribution < 1.29 is 36.2 Å². The maximum absolute atomic E-state index is 12.7. The maximum Gasteiger partial charge on any atom is 0.573 e. The van der Waals surface area contributed by atoms with Crippen molar-refractivity contribution in [2.24, 2.45) is 0 Å². The fourth-order valence-corrected chi connectivity index (χ4v) is 4.37. The summed E-state index contributed by atoms with van der Waals surface area (Å²) >= 11 is 0. The van der Waals surface area contributed by atoms with Crippen molar-refractivity contribution in [3.63, 3.8) is 0 Å². The van der Waals surface area contributed by atoms with Crippen LogP contribution in [0.1, 0.15) is 19.4 Å². The molecule has 3 aromatic rings. The third-order valence-corrected chi connectivity index (χ3v) is 6.77. The van der Waals surface area contributed by atoms with Gasteiger partial charge in [0, 0.05) is 35.4 Å². The molecule has 0 saturated carbocycles. The van der Waals surface area contributed by atoms with Crippen LogP contribution in [0.3, 0.4) is 0 Å². The highest BCUT2D eigenvalue weighted by Crippen LogP contribution is 2.36. The number of anilines is 1. The van der Waals surface area contributed by atoms with E-state index in [0.717, 1.165) is 23.4 Å². The monoisotopic (exact) mass is 529 g/mol. The van der Waals surface area contributed by atoms with Crippen LogP contribution in [0, 0.1) is 0 Å². The molecule has 1 heterocycles. The van der Waals surface area contributed by atoms with Gasteiger partial charge in [0.15, 0.2) is 11.9 Å². The SMILES string of the molecule is CCS(=O)c1ccc(CC(=O)Nc2ccc([N+]3=C(C)C=C3)c(Oc3ccc(OC(F)(F)F)cc3)c2)cc1. The van der Waals surface area contributed by atoms with Crippen molar-refractivity contribution in [1.29, 1.82) is 0 Å². The average molecular weight is 530 g/mol. The maximum atomic E-state index is 12.7. The van der Waals surface area contributed by atoms with Crippen LogP contribution in [0.5, 0.6) is 17.2 Å². The lowest BCUT2D eigenvalue weighted by Gasteiger charge is -2.14. The summed E-state index contributed by atoms with van der Waals surface area (Å²) in [6.07, 6.45) is -0.885. The summed E-state index contributed by atoms with van der Waals surface area (Å²) < 4.78 is 61.0. The Morgan fingerprint density at radius 3 is 2.24 bits per heavy atom. The molecule has 1 atom stereocenters. The Hall–Kier alpha value is -3.92. The number of alkyl halides is 3. The molecule has 192 valence electrons. The molecule has 0 bridgehead atoms. The number of benzene rings is 3. The molecule has 0 aliphatic carbocycles. The van der Waals surface area contributed by atoms with Gasteiger partial charge in [0.25, 0.3) is 5.69 Å². The largest absolute Gasteiger partial charge is 0.573 e. The molecule has 3 aromatic carbocycles. The fraction of sp³-hybridized carbons (Fsp3) is 0.185. The molecule has 37 heavy (non-hydrogen) atoms. The van der Waals surface area contributed by atoms with Crippen LogP contribution < -0.4 is 14.8 Å². The van der Waals surface area contributed by atoms with Crippen molar-refractivity contribution >= 4 is 33.8 Å². The van der Waals surface area contributed by atoms with Crippen molar-refractivity contribution in [2.75, 3.05) is 11.1 Å². The summed E-state index contributed by atoms with van der Waals surface area (Å²) in [5, 5.41) is 2.85. The van der Waals surface area contributed by atoms with Crippen molar-refractivity contribution in [2.45, 2.75) is 31.5 Å². The van der Waals surface area contributed by atoms with E-state index < -0.39 is 17.2 Å². The zero-order valence-electron chi connectivity index (χ0n) is 20.0. The van der Waals surface area contributed by atoms with Crippen LogP contribution in [0.4, 0.5) is 24.5 Å². The molecule has 0 saturated heterocycles. The lowest BCUT2D eigenvalue weighted by atomic mass is 10.1. The molecular formula is C27H24F3N2O4S+. The number of halogens is 3. The molecule has 1 aliphatic heterocycles. The molecule has 6 nitrogen and oxygen atoms in total.